The van der Waals surface area contributed by atoms with Crippen LogP contribution in [0.4, 0.5) is 5.69 Å². The van der Waals surface area contributed by atoms with E-state index in [1.54, 1.807) is 0 Å². The highest BCUT2D eigenvalue weighted by molar-refractivity contribution is 6.04. The van der Waals surface area contributed by atoms with Crippen LogP contribution in [0.3, 0.4) is 0 Å². The third-order valence-electron chi connectivity index (χ3n) is 5.69. The van der Waals surface area contributed by atoms with Crippen LogP contribution < -0.4 is 14.8 Å². The SMILES string of the molecule is Cc1ccc(-c2nc(C(=O)Nc3ccc4c(c3)OCCO4)c3n2CCCCC3)cc1. The summed E-state index contributed by atoms with van der Waals surface area (Å²) in [5.74, 6) is 2.05. The number of fused-ring (bicyclic) bond motifs is 2. The smallest absolute Gasteiger partial charge is 0.276 e. The number of hydrogen-bond donors (Lipinski definition) is 1. The number of benzene rings is 2. The Morgan fingerprint density at radius 1 is 1.00 bits per heavy atom. The molecule has 0 saturated heterocycles. The lowest BCUT2D eigenvalue weighted by Gasteiger charge is -2.19. The predicted octanol–water partition coefficient (Wildman–Crippen LogP) is 4.61. The van der Waals surface area contributed by atoms with Gasteiger partial charge >= 0.3 is 0 Å². The lowest BCUT2D eigenvalue weighted by Crippen LogP contribution is -2.17. The Balaban J connectivity index is 1.49. The zero-order valence-corrected chi connectivity index (χ0v) is 17.1. The van der Waals surface area contributed by atoms with E-state index in [0.29, 0.717) is 36.1 Å². The lowest BCUT2D eigenvalue weighted by molar-refractivity contribution is 0.102. The predicted molar refractivity (Wildman–Crippen MR) is 115 cm³/mol. The molecular formula is C24H25N3O3. The summed E-state index contributed by atoms with van der Waals surface area (Å²) in [4.78, 5) is 18.0. The maximum atomic E-state index is 13.2. The molecular weight excluding hydrogens is 378 g/mol. The van der Waals surface area contributed by atoms with Crippen molar-refractivity contribution in [2.45, 2.75) is 39.2 Å². The first-order valence-electron chi connectivity index (χ1n) is 10.6. The number of aryl methyl sites for hydroxylation is 1. The van der Waals surface area contributed by atoms with Crippen molar-refractivity contribution in [3.05, 3.63) is 59.4 Å². The molecule has 1 aromatic heterocycles. The quantitative estimate of drug-likeness (QED) is 0.694. The van der Waals surface area contributed by atoms with Gasteiger partial charge in [-0.1, -0.05) is 36.2 Å². The summed E-state index contributed by atoms with van der Waals surface area (Å²) in [6.07, 6.45) is 4.20. The van der Waals surface area contributed by atoms with E-state index < -0.39 is 0 Å². The van der Waals surface area contributed by atoms with E-state index in [1.807, 2.05) is 18.2 Å². The molecule has 0 fully saturated rings. The van der Waals surface area contributed by atoms with Gasteiger partial charge in [0, 0.05) is 23.9 Å². The maximum absolute atomic E-state index is 13.2. The minimum Gasteiger partial charge on any atom is -0.486 e. The van der Waals surface area contributed by atoms with Crippen molar-refractivity contribution in [2.24, 2.45) is 0 Å². The molecule has 0 atom stereocenters. The standard InChI is InChI=1S/C24H25N3O3/c1-16-6-8-17(9-7-16)23-26-22(19-5-3-2-4-12-27(19)23)24(28)25-18-10-11-20-21(15-18)30-14-13-29-20/h6-11,15H,2-5,12-14H2,1H3,(H,25,28). The van der Waals surface area contributed by atoms with Crippen LogP contribution in [0, 0.1) is 6.92 Å². The fraction of sp³-hybridized carbons (Fsp3) is 0.333. The van der Waals surface area contributed by atoms with Gasteiger partial charge in [0.1, 0.15) is 24.7 Å². The van der Waals surface area contributed by atoms with Crippen LogP contribution >= 0.6 is 0 Å². The molecule has 1 N–H and O–H groups in total. The number of carbonyl (C=O) groups is 1. The van der Waals surface area contributed by atoms with Gasteiger partial charge in [-0.15, -0.1) is 0 Å². The summed E-state index contributed by atoms with van der Waals surface area (Å²) >= 11 is 0. The fourth-order valence-electron chi connectivity index (χ4n) is 4.14. The van der Waals surface area contributed by atoms with Gasteiger partial charge in [-0.3, -0.25) is 4.79 Å². The molecule has 2 aromatic carbocycles. The number of nitrogens with one attached hydrogen (secondary N) is 1. The van der Waals surface area contributed by atoms with Crippen LogP contribution in [0.1, 0.15) is 41.0 Å². The van der Waals surface area contributed by atoms with Crippen LogP contribution in [0.25, 0.3) is 11.4 Å². The van der Waals surface area contributed by atoms with Crippen molar-refractivity contribution >= 4 is 11.6 Å². The molecule has 3 heterocycles. The van der Waals surface area contributed by atoms with Gasteiger partial charge in [-0.25, -0.2) is 4.98 Å². The van der Waals surface area contributed by atoms with Gasteiger partial charge in [0.2, 0.25) is 0 Å². The molecule has 30 heavy (non-hydrogen) atoms. The summed E-state index contributed by atoms with van der Waals surface area (Å²) in [6, 6.07) is 13.8. The first-order chi connectivity index (χ1) is 14.7. The van der Waals surface area contributed by atoms with Crippen LogP contribution in [0.2, 0.25) is 0 Å². The first-order valence-corrected chi connectivity index (χ1v) is 10.6. The highest BCUT2D eigenvalue weighted by Crippen LogP contribution is 2.33. The number of imidazole rings is 1. The van der Waals surface area contributed by atoms with Gasteiger partial charge < -0.3 is 19.4 Å². The van der Waals surface area contributed by atoms with Crippen LogP contribution in [-0.4, -0.2) is 28.7 Å². The molecule has 0 aliphatic carbocycles. The molecule has 0 saturated carbocycles. The second-order valence-corrected chi connectivity index (χ2v) is 7.87. The highest BCUT2D eigenvalue weighted by Gasteiger charge is 2.24. The molecule has 0 radical (unpaired) electrons. The molecule has 0 bridgehead atoms. The zero-order chi connectivity index (χ0) is 20.5. The van der Waals surface area contributed by atoms with Crippen molar-refractivity contribution in [1.82, 2.24) is 9.55 Å². The van der Waals surface area contributed by atoms with Crippen LogP contribution in [0.5, 0.6) is 11.5 Å². The summed E-state index contributed by atoms with van der Waals surface area (Å²) in [5.41, 5.74) is 4.47. The monoisotopic (exact) mass is 403 g/mol. The average molecular weight is 403 g/mol. The van der Waals surface area contributed by atoms with Crippen LogP contribution in [-0.2, 0) is 13.0 Å². The second kappa shape index (κ2) is 7.86. The molecule has 2 aliphatic heterocycles. The third kappa shape index (κ3) is 3.54. The van der Waals surface area contributed by atoms with Crippen molar-refractivity contribution in [1.29, 1.82) is 0 Å². The van der Waals surface area contributed by atoms with E-state index in [9.17, 15) is 4.79 Å². The number of hydrogen-bond acceptors (Lipinski definition) is 4. The van der Waals surface area contributed by atoms with E-state index in [1.165, 1.54) is 5.56 Å². The Morgan fingerprint density at radius 2 is 1.80 bits per heavy atom. The average Bonchev–Trinajstić information content (AvgIpc) is 2.95. The lowest BCUT2D eigenvalue weighted by atomic mass is 10.1. The van der Waals surface area contributed by atoms with Crippen molar-refractivity contribution in [3.8, 4) is 22.9 Å². The minimum absolute atomic E-state index is 0.185. The molecule has 1 amide bonds. The van der Waals surface area contributed by atoms with E-state index in [0.717, 1.165) is 49.3 Å². The number of aromatic nitrogens is 2. The normalized spacial score (nSPS) is 15.2. The summed E-state index contributed by atoms with van der Waals surface area (Å²) in [6.45, 7) is 4.02. The fourth-order valence-corrected chi connectivity index (χ4v) is 4.14. The van der Waals surface area contributed by atoms with Crippen molar-refractivity contribution in [2.75, 3.05) is 18.5 Å². The second-order valence-electron chi connectivity index (χ2n) is 7.87. The van der Waals surface area contributed by atoms with Gasteiger partial charge in [-0.2, -0.15) is 0 Å². The Kier molecular flexibility index (Phi) is 4.91. The molecule has 2 aliphatic rings. The van der Waals surface area contributed by atoms with Gasteiger partial charge in [0.25, 0.3) is 5.91 Å². The summed E-state index contributed by atoms with van der Waals surface area (Å²) < 4.78 is 13.4. The molecule has 154 valence electrons. The van der Waals surface area contributed by atoms with Gasteiger partial charge in [0.05, 0.1) is 5.69 Å². The van der Waals surface area contributed by atoms with Gasteiger partial charge in [-0.05, 0) is 38.3 Å². The minimum atomic E-state index is -0.185. The Labute approximate surface area is 175 Å². The molecule has 0 spiro atoms. The Morgan fingerprint density at radius 3 is 2.63 bits per heavy atom. The van der Waals surface area contributed by atoms with E-state index in [4.69, 9.17) is 14.5 Å². The molecule has 6 heteroatoms. The number of rotatable bonds is 3. The van der Waals surface area contributed by atoms with Crippen LogP contribution in [0.15, 0.2) is 42.5 Å². The summed E-state index contributed by atoms with van der Waals surface area (Å²) in [5, 5.41) is 3.00. The summed E-state index contributed by atoms with van der Waals surface area (Å²) in [7, 11) is 0. The first kappa shape index (κ1) is 18.7. The number of carbonyl (C=O) groups excluding carboxylic acids is 1. The molecule has 3 aromatic rings. The van der Waals surface area contributed by atoms with Gasteiger partial charge in [0.15, 0.2) is 11.5 Å². The molecule has 6 nitrogen and oxygen atoms in total. The molecule has 5 rings (SSSR count). The third-order valence-corrected chi connectivity index (χ3v) is 5.69. The topological polar surface area (TPSA) is 65.4 Å². The number of nitrogens with zero attached hydrogens (tertiary/aromatic N) is 2. The van der Waals surface area contributed by atoms with E-state index in [-0.39, 0.29) is 5.91 Å². The Bertz CT molecular complexity index is 1090. The van der Waals surface area contributed by atoms with E-state index >= 15 is 0 Å². The number of ether oxygens (including phenoxy) is 2. The van der Waals surface area contributed by atoms with E-state index in [2.05, 4.69) is 41.1 Å². The number of amides is 1. The molecule has 0 unspecified atom stereocenters. The van der Waals surface area contributed by atoms with Crippen molar-refractivity contribution < 1.29 is 14.3 Å². The Hall–Kier alpha value is -3.28. The largest absolute Gasteiger partial charge is 0.486 e. The number of anilines is 1. The maximum Gasteiger partial charge on any atom is 0.276 e. The highest BCUT2D eigenvalue weighted by atomic mass is 16.6. The zero-order valence-electron chi connectivity index (χ0n) is 17.1. The van der Waals surface area contributed by atoms with Crippen molar-refractivity contribution in [3.63, 3.8) is 0 Å².